The highest BCUT2D eigenvalue weighted by Gasteiger charge is 2.43. The van der Waals surface area contributed by atoms with Gasteiger partial charge in [0.1, 0.15) is 18.5 Å². The third-order valence-corrected chi connectivity index (χ3v) is 8.51. The maximum Gasteiger partial charge on any atom is 0.416 e. The number of carbonyl (C=O) groups is 2. The average Bonchev–Trinajstić information content (AvgIpc) is 3.57. The number of benzene rings is 1. The summed E-state index contributed by atoms with van der Waals surface area (Å²) in [6, 6.07) is 2.24. The quantitative estimate of drug-likeness (QED) is 0.242. The highest BCUT2D eigenvalue weighted by Crippen LogP contribution is 2.42. The number of ether oxygens (including phenoxy) is 1. The molecule has 1 amide bonds. The van der Waals surface area contributed by atoms with Gasteiger partial charge >= 0.3 is 24.4 Å². The summed E-state index contributed by atoms with van der Waals surface area (Å²) in [6.45, 7) is 3.65. The number of carboxylic acid groups (broad SMARTS) is 1. The van der Waals surface area contributed by atoms with Crippen molar-refractivity contribution in [3.05, 3.63) is 65.1 Å². The Labute approximate surface area is 260 Å². The lowest BCUT2D eigenvalue weighted by atomic mass is 9.93. The predicted molar refractivity (Wildman–Crippen MR) is 154 cm³/mol. The van der Waals surface area contributed by atoms with Gasteiger partial charge in [-0.25, -0.2) is 9.78 Å². The van der Waals surface area contributed by atoms with Crippen LogP contribution < -0.4 is 4.90 Å². The number of pyridine rings is 1. The second-order valence-electron chi connectivity index (χ2n) is 11.6. The lowest BCUT2D eigenvalue weighted by Gasteiger charge is -2.36. The normalized spacial score (nSPS) is 19.4. The Kier molecular flexibility index (Phi) is 9.23. The van der Waals surface area contributed by atoms with Crippen molar-refractivity contribution in [2.75, 3.05) is 11.4 Å². The molecular weight excluding hydrogens is 620 g/mol. The van der Waals surface area contributed by atoms with Crippen molar-refractivity contribution in [2.45, 2.75) is 89.6 Å². The number of alkyl halides is 6. The number of aromatic nitrogens is 3. The van der Waals surface area contributed by atoms with Crippen molar-refractivity contribution in [3.8, 4) is 11.1 Å². The van der Waals surface area contributed by atoms with Gasteiger partial charge in [-0.15, -0.1) is 0 Å². The van der Waals surface area contributed by atoms with E-state index in [1.807, 2.05) is 6.92 Å². The fraction of sp³-hybridized carbons (Fsp3) is 0.484. The number of rotatable bonds is 9. The number of carboxylic acids is 1. The molecule has 3 heterocycles. The van der Waals surface area contributed by atoms with Crippen LogP contribution in [-0.2, 0) is 35.0 Å². The van der Waals surface area contributed by atoms with E-state index in [2.05, 4.69) is 10.00 Å². The summed E-state index contributed by atoms with van der Waals surface area (Å²) in [6.07, 6.45) is -2.64. The molecule has 1 aliphatic carbocycles. The lowest BCUT2D eigenvalue weighted by Crippen LogP contribution is -2.39. The molecule has 248 valence electrons. The molecule has 1 aromatic carbocycles. The van der Waals surface area contributed by atoms with Crippen LogP contribution in [0.5, 0.6) is 0 Å². The Balaban J connectivity index is 1.51. The van der Waals surface area contributed by atoms with Gasteiger partial charge in [-0.2, -0.15) is 31.4 Å². The van der Waals surface area contributed by atoms with Crippen LogP contribution in [-0.4, -0.2) is 55.5 Å². The van der Waals surface area contributed by atoms with Crippen LogP contribution in [0.2, 0.25) is 0 Å². The van der Waals surface area contributed by atoms with E-state index in [0.29, 0.717) is 41.2 Å². The summed E-state index contributed by atoms with van der Waals surface area (Å²) in [5.74, 6) is -0.480. The Bertz CT molecular complexity index is 1550. The molecule has 0 spiro atoms. The maximum atomic E-state index is 13.6. The zero-order chi connectivity index (χ0) is 33.4. The summed E-state index contributed by atoms with van der Waals surface area (Å²) >= 11 is 0. The molecule has 0 radical (unpaired) electrons. The number of nitrogens with zero attached hydrogens (tertiary/aromatic N) is 5. The van der Waals surface area contributed by atoms with Crippen LogP contribution in [0.15, 0.2) is 42.9 Å². The van der Waals surface area contributed by atoms with Gasteiger partial charge in [-0.1, -0.05) is 19.3 Å². The van der Waals surface area contributed by atoms with Crippen molar-refractivity contribution in [1.29, 1.82) is 0 Å². The Hall–Kier alpha value is -4.30. The highest BCUT2D eigenvalue weighted by molar-refractivity contribution is 5.72. The van der Waals surface area contributed by atoms with Crippen molar-refractivity contribution < 1.29 is 45.8 Å². The van der Waals surface area contributed by atoms with Crippen molar-refractivity contribution in [2.24, 2.45) is 0 Å². The number of hydrogen-bond donors (Lipinski definition) is 1. The standard InChI is InChI=1S/C31H33F6N5O4/c1-3-41(25-7-5-4-6-8-25)28-21(9-20(13-38-28)22-14-39-40(15-22)17-26(43)44)16-42-18(2)27(46-29(42)45)19-10-23(30(32,33)34)12-24(11-19)31(35,36)37/h9-15,18,25,27H,3-8,16-17H2,1-2H3,(H,43,44)/t18-,27-/m0/s1. The molecule has 1 N–H and O–H groups in total. The summed E-state index contributed by atoms with van der Waals surface area (Å²) in [5.41, 5.74) is -1.66. The van der Waals surface area contributed by atoms with Crippen LogP contribution in [0, 0.1) is 0 Å². The third-order valence-electron chi connectivity index (χ3n) is 8.51. The van der Waals surface area contributed by atoms with Crippen LogP contribution in [0.4, 0.5) is 37.0 Å². The van der Waals surface area contributed by atoms with Gasteiger partial charge in [0.15, 0.2) is 0 Å². The molecule has 1 saturated heterocycles. The molecule has 2 aromatic heterocycles. The van der Waals surface area contributed by atoms with Gasteiger partial charge in [0.2, 0.25) is 0 Å². The number of amides is 1. The molecule has 2 atom stereocenters. The highest BCUT2D eigenvalue weighted by atomic mass is 19.4. The SMILES string of the molecule is CCN(c1ncc(-c2cnn(CC(=O)O)c2)cc1CN1C(=O)O[C@H](c2cc(C(F)(F)F)cc(C(F)(F)F)c2)[C@@H]1C)C1CCCCC1. The molecule has 3 aromatic rings. The van der Waals surface area contributed by atoms with E-state index in [9.17, 15) is 35.9 Å². The number of cyclic esters (lactones) is 1. The average molecular weight is 654 g/mol. The third kappa shape index (κ3) is 7.07. The molecular formula is C31H33F6N5O4. The summed E-state index contributed by atoms with van der Waals surface area (Å²) in [7, 11) is 0. The number of anilines is 1. The van der Waals surface area contributed by atoms with Crippen molar-refractivity contribution >= 4 is 17.9 Å². The van der Waals surface area contributed by atoms with E-state index in [4.69, 9.17) is 14.8 Å². The van der Waals surface area contributed by atoms with Gasteiger partial charge in [-0.3, -0.25) is 14.4 Å². The van der Waals surface area contributed by atoms with E-state index < -0.39 is 53.3 Å². The smallest absolute Gasteiger partial charge is 0.416 e. The molecule has 46 heavy (non-hydrogen) atoms. The molecule has 2 fully saturated rings. The summed E-state index contributed by atoms with van der Waals surface area (Å²) < 4.78 is 88.1. The Morgan fingerprint density at radius 1 is 1.00 bits per heavy atom. The summed E-state index contributed by atoms with van der Waals surface area (Å²) in [4.78, 5) is 32.5. The van der Waals surface area contributed by atoms with Crippen LogP contribution >= 0.6 is 0 Å². The van der Waals surface area contributed by atoms with Gasteiger partial charge in [0.05, 0.1) is 29.9 Å². The largest absolute Gasteiger partial charge is 0.480 e. The molecule has 5 rings (SSSR count). The summed E-state index contributed by atoms with van der Waals surface area (Å²) in [5, 5.41) is 13.2. The van der Waals surface area contributed by atoms with E-state index in [0.717, 1.165) is 32.1 Å². The maximum absolute atomic E-state index is 13.6. The van der Waals surface area contributed by atoms with Crippen LogP contribution in [0.3, 0.4) is 0 Å². The molecule has 2 aliphatic rings. The van der Waals surface area contributed by atoms with E-state index in [1.165, 1.54) is 22.7 Å². The molecule has 0 unspecified atom stereocenters. The molecule has 1 saturated carbocycles. The van der Waals surface area contributed by atoms with Gasteiger partial charge in [-0.05, 0) is 56.5 Å². The molecule has 1 aliphatic heterocycles. The number of halogens is 6. The van der Waals surface area contributed by atoms with Crippen LogP contribution in [0.25, 0.3) is 11.1 Å². The monoisotopic (exact) mass is 653 g/mol. The van der Waals surface area contributed by atoms with E-state index >= 15 is 0 Å². The Morgan fingerprint density at radius 3 is 2.24 bits per heavy atom. The number of carbonyl (C=O) groups excluding carboxylic acids is 1. The van der Waals surface area contributed by atoms with Crippen molar-refractivity contribution in [3.63, 3.8) is 0 Å². The van der Waals surface area contributed by atoms with Crippen LogP contribution in [0.1, 0.15) is 74.3 Å². The molecule has 15 heteroatoms. The topological polar surface area (TPSA) is 101 Å². The number of hydrogen-bond acceptors (Lipinski definition) is 6. The lowest BCUT2D eigenvalue weighted by molar-refractivity contribution is -0.143. The predicted octanol–water partition coefficient (Wildman–Crippen LogP) is 7.31. The first-order valence-corrected chi connectivity index (χ1v) is 14.9. The minimum Gasteiger partial charge on any atom is -0.480 e. The van der Waals surface area contributed by atoms with Gasteiger partial charge in [0.25, 0.3) is 0 Å². The van der Waals surface area contributed by atoms with Crippen molar-refractivity contribution in [1.82, 2.24) is 19.7 Å². The Morgan fingerprint density at radius 2 is 1.65 bits per heavy atom. The van der Waals surface area contributed by atoms with Gasteiger partial charge in [0, 0.05) is 41.7 Å². The minimum atomic E-state index is -5.05. The molecule has 0 bridgehead atoms. The fourth-order valence-corrected chi connectivity index (χ4v) is 6.23. The second kappa shape index (κ2) is 12.8. The molecule has 9 nitrogen and oxygen atoms in total. The first-order valence-electron chi connectivity index (χ1n) is 14.9. The second-order valence-corrected chi connectivity index (χ2v) is 11.6. The minimum absolute atomic E-state index is 0.0371. The van der Waals surface area contributed by atoms with Gasteiger partial charge < -0.3 is 14.7 Å². The first-order chi connectivity index (χ1) is 21.7. The zero-order valence-electron chi connectivity index (χ0n) is 25.1. The number of aliphatic carboxylic acids is 1. The zero-order valence-corrected chi connectivity index (χ0v) is 25.1. The van der Waals surface area contributed by atoms with E-state index in [1.54, 1.807) is 18.5 Å². The first kappa shape index (κ1) is 33.1. The fourth-order valence-electron chi connectivity index (χ4n) is 6.23. The van der Waals surface area contributed by atoms with E-state index in [-0.39, 0.29) is 25.2 Å².